The molecule has 3 saturated heterocycles. The molecule has 6 unspecified atom stereocenters. The van der Waals surface area contributed by atoms with Crippen LogP contribution in [0.1, 0.15) is 25.7 Å². The van der Waals surface area contributed by atoms with Gasteiger partial charge in [-0.05, 0) is 0 Å². The van der Waals surface area contributed by atoms with Crippen LogP contribution in [-0.4, -0.2) is 96.5 Å². The quantitative estimate of drug-likeness (QED) is 0.292. The van der Waals surface area contributed by atoms with Gasteiger partial charge >= 0.3 is 167 Å². The standard InChI is InChI=1S/C13H22S2Se2Te2/c18-10(1-8-5-14-8)3-12-13(17-7-16-12)4-11(19)2-9-6-15-9/h8-13,18-19H,1-7H2. The van der Waals surface area contributed by atoms with Crippen molar-refractivity contribution in [1.29, 1.82) is 0 Å². The summed E-state index contributed by atoms with van der Waals surface area (Å²) < 4.78 is 3.79. The van der Waals surface area contributed by atoms with Crippen LogP contribution >= 0.6 is 23.5 Å². The van der Waals surface area contributed by atoms with E-state index in [4.69, 9.17) is 0 Å². The van der Waals surface area contributed by atoms with Gasteiger partial charge in [0.25, 0.3) is 0 Å². The molecular formula is C13H22S2Se2Te2. The van der Waals surface area contributed by atoms with Crippen LogP contribution < -0.4 is 0 Å². The number of hydrogen-bond donors (Lipinski definition) is 0. The Balaban J connectivity index is 1.40. The van der Waals surface area contributed by atoms with Gasteiger partial charge in [0.1, 0.15) is 0 Å². The zero-order valence-electron chi connectivity index (χ0n) is 10.9. The summed E-state index contributed by atoms with van der Waals surface area (Å²) in [5, 5.41) is 2.14. The van der Waals surface area contributed by atoms with E-state index in [2.05, 4.69) is 68.1 Å². The Hall–Kier alpha value is 3.32. The molecule has 0 aromatic heterocycles. The van der Waals surface area contributed by atoms with E-state index in [0.29, 0.717) is 0 Å². The van der Waals surface area contributed by atoms with Crippen LogP contribution in [0.25, 0.3) is 0 Å². The Morgan fingerprint density at radius 3 is 1.63 bits per heavy atom. The zero-order chi connectivity index (χ0) is 13.2. The minimum atomic E-state index is 1.02. The summed E-state index contributed by atoms with van der Waals surface area (Å²) in [7, 11) is 0. The maximum absolute atomic E-state index is 2.20. The Morgan fingerprint density at radius 2 is 1.26 bits per heavy atom. The first-order chi connectivity index (χ1) is 9.20. The third kappa shape index (κ3) is 6.38. The average molecular weight is 656 g/mol. The van der Waals surface area contributed by atoms with Gasteiger partial charge in [0, 0.05) is 0 Å². The van der Waals surface area contributed by atoms with Crippen molar-refractivity contribution in [3.8, 4) is 0 Å². The van der Waals surface area contributed by atoms with Crippen LogP contribution in [0.2, 0.25) is 21.8 Å². The van der Waals surface area contributed by atoms with Crippen LogP contribution in [0.4, 0.5) is 0 Å². The SMILES string of the molecule is [TeH]C(CC1CS1)CC1[Se]C[Se]C1CC([TeH])CC1CS1. The third-order valence-electron chi connectivity index (χ3n) is 3.86. The molecule has 0 nitrogen and oxygen atoms in total. The first-order valence-electron chi connectivity index (χ1n) is 7.03. The summed E-state index contributed by atoms with van der Waals surface area (Å²) in [6.45, 7) is 0. The number of thioether (sulfide) groups is 2. The normalized spacial score (nSPS) is 40.1. The molecule has 0 spiro atoms. The predicted molar refractivity (Wildman–Crippen MR) is 96.6 cm³/mol. The Morgan fingerprint density at radius 1 is 0.842 bits per heavy atom. The number of hydrogen-bond acceptors (Lipinski definition) is 2. The Kier molecular flexibility index (Phi) is 7.61. The fourth-order valence-corrected chi connectivity index (χ4v) is 19.6. The fourth-order valence-electron chi connectivity index (χ4n) is 2.61. The first-order valence-corrected chi connectivity index (χ1v) is 16.5. The first kappa shape index (κ1) is 17.2. The zero-order valence-corrected chi connectivity index (χ0v) is 21.1. The molecular weight excluding hydrogens is 633 g/mol. The monoisotopic (exact) mass is 662 g/mol. The Bertz CT molecular complexity index is 272. The van der Waals surface area contributed by atoms with Gasteiger partial charge in [0.05, 0.1) is 0 Å². The second kappa shape index (κ2) is 8.43. The molecule has 0 aromatic carbocycles. The van der Waals surface area contributed by atoms with Gasteiger partial charge in [0.15, 0.2) is 0 Å². The van der Waals surface area contributed by atoms with Crippen molar-refractivity contribution in [2.75, 3.05) is 11.5 Å². The van der Waals surface area contributed by atoms with E-state index in [1.54, 1.807) is 29.9 Å². The molecule has 0 radical (unpaired) electrons. The Labute approximate surface area is 165 Å². The van der Waals surface area contributed by atoms with E-state index in [1.165, 1.54) is 21.1 Å². The van der Waals surface area contributed by atoms with E-state index < -0.39 is 0 Å². The van der Waals surface area contributed by atoms with E-state index in [9.17, 15) is 0 Å². The van der Waals surface area contributed by atoms with Gasteiger partial charge < -0.3 is 0 Å². The van der Waals surface area contributed by atoms with Gasteiger partial charge in [-0.3, -0.25) is 0 Å². The molecule has 0 N–H and O–H groups in total. The van der Waals surface area contributed by atoms with Crippen molar-refractivity contribution in [2.24, 2.45) is 0 Å². The molecule has 0 amide bonds. The fraction of sp³-hybridized carbons (Fsp3) is 1.00. The van der Waals surface area contributed by atoms with Crippen molar-refractivity contribution < 1.29 is 0 Å². The van der Waals surface area contributed by atoms with E-state index in [1.807, 2.05) is 0 Å². The molecule has 110 valence electrons. The minimum absolute atomic E-state index is 1.02. The van der Waals surface area contributed by atoms with Gasteiger partial charge in [-0.2, -0.15) is 0 Å². The summed E-state index contributed by atoms with van der Waals surface area (Å²) in [4.78, 5) is 2.38. The molecule has 6 heteroatoms. The van der Waals surface area contributed by atoms with Crippen LogP contribution in [0.5, 0.6) is 0 Å². The summed E-state index contributed by atoms with van der Waals surface area (Å²) in [6.07, 6.45) is 6.30. The molecule has 19 heavy (non-hydrogen) atoms. The van der Waals surface area contributed by atoms with Gasteiger partial charge in [-0.25, -0.2) is 0 Å². The van der Waals surface area contributed by atoms with Crippen molar-refractivity contribution in [2.45, 2.75) is 58.0 Å². The topological polar surface area (TPSA) is 0 Å². The molecule has 3 aliphatic heterocycles. The van der Waals surface area contributed by atoms with E-state index >= 15 is 0 Å². The van der Waals surface area contributed by atoms with Crippen LogP contribution in [0.15, 0.2) is 0 Å². The second-order valence-corrected chi connectivity index (χ2v) is 19.5. The summed E-state index contributed by atoms with van der Waals surface area (Å²) >= 11 is 10.7. The van der Waals surface area contributed by atoms with E-state index in [-0.39, 0.29) is 0 Å². The third-order valence-corrected chi connectivity index (χ3v) is 16.7. The molecule has 0 aliphatic carbocycles. The average Bonchev–Trinajstić information content (AvgIpc) is 3.25. The second-order valence-electron chi connectivity index (χ2n) is 5.69. The van der Waals surface area contributed by atoms with Gasteiger partial charge in [-0.15, -0.1) is 0 Å². The maximum atomic E-state index is 2.20. The van der Waals surface area contributed by atoms with Crippen LogP contribution in [0, 0.1) is 0 Å². The van der Waals surface area contributed by atoms with Crippen molar-refractivity contribution >= 4 is 98.0 Å². The molecule has 0 saturated carbocycles. The van der Waals surface area contributed by atoms with Crippen molar-refractivity contribution in [1.82, 2.24) is 0 Å². The summed E-state index contributed by atoms with van der Waals surface area (Å²) in [6, 6.07) is 0. The van der Waals surface area contributed by atoms with Gasteiger partial charge in [0.2, 0.25) is 0 Å². The molecule has 3 fully saturated rings. The molecule has 3 aliphatic rings. The van der Waals surface area contributed by atoms with Crippen LogP contribution in [0.3, 0.4) is 0 Å². The van der Waals surface area contributed by atoms with Crippen molar-refractivity contribution in [3.63, 3.8) is 0 Å². The summed E-state index contributed by atoms with van der Waals surface area (Å²) in [5.74, 6) is 2.94. The van der Waals surface area contributed by atoms with Crippen LogP contribution in [-0.2, 0) is 0 Å². The van der Waals surface area contributed by atoms with Gasteiger partial charge in [-0.1, -0.05) is 0 Å². The summed E-state index contributed by atoms with van der Waals surface area (Å²) in [5.41, 5.74) is 0. The molecule has 3 rings (SSSR count). The molecule has 0 aromatic rings. The van der Waals surface area contributed by atoms with Crippen molar-refractivity contribution in [3.05, 3.63) is 0 Å². The predicted octanol–water partition coefficient (Wildman–Crippen LogP) is 2.53. The van der Waals surface area contributed by atoms with E-state index in [0.717, 1.165) is 48.3 Å². The molecule has 6 atom stereocenters. The number of rotatable bonds is 8. The molecule has 3 heterocycles. The molecule has 0 bridgehead atoms.